The molecule has 1 amide bonds. The summed E-state index contributed by atoms with van der Waals surface area (Å²) >= 11 is 7.28. The quantitative estimate of drug-likeness (QED) is 0.846. The molecule has 1 aromatic heterocycles. The summed E-state index contributed by atoms with van der Waals surface area (Å²) in [6.45, 7) is 3.82. The number of carbonyl (C=O) groups excluding carboxylic acids is 1. The van der Waals surface area contributed by atoms with Crippen molar-refractivity contribution in [3.63, 3.8) is 0 Å². The predicted octanol–water partition coefficient (Wildman–Crippen LogP) is 3.69. The molecule has 1 aliphatic carbocycles. The lowest BCUT2D eigenvalue weighted by Gasteiger charge is -2.12. The van der Waals surface area contributed by atoms with E-state index in [0.29, 0.717) is 11.1 Å². The summed E-state index contributed by atoms with van der Waals surface area (Å²) in [4.78, 5) is 12.3. The van der Waals surface area contributed by atoms with Crippen LogP contribution in [0.5, 0.6) is 0 Å². The second-order valence-electron chi connectivity index (χ2n) is 5.39. The first-order chi connectivity index (χ1) is 10.5. The highest BCUT2D eigenvalue weighted by Crippen LogP contribution is 2.39. The maximum atomic E-state index is 12.3. The van der Waals surface area contributed by atoms with Gasteiger partial charge in [0.25, 0.3) is 0 Å². The number of nitrogens with one attached hydrogen (secondary N) is 1. The minimum atomic E-state index is -0.253. The monoisotopic (exact) mass is 336 g/mol. The maximum absolute atomic E-state index is 12.3. The van der Waals surface area contributed by atoms with Gasteiger partial charge in [-0.05, 0) is 51.0 Å². The van der Waals surface area contributed by atoms with E-state index in [1.54, 1.807) is 24.3 Å². The van der Waals surface area contributed by atoms with Crippen molar-refractivity contribution in [1.29, 1.82) is 0 Å². The van der Waals surface area contributed by atoms with E-state index in [1.165, 1.54) is 11.8 Å². The van der Waals surface area contributed by atoms with E-state index in [0.717, 1.165) is 29.5 Å². The van der Waals surface area contributed by atoms with E-state index in [4.69, 9.17) is 11.6 Å². The van der Waals surface area contributed by atoms with Gasteiger partial charge in [0.05, 0.1) is 5.25 Å². The summed E-state index contributed by atoms with van der Waals surface area (Å²) in [5.74, 6) is 0.852. The topological polar surface area (TPSA) is 59.8 Å². The number of hydrogen-bond acceptors (Lipinski definition) is 4. The molecular weight excluding hydrogens is 320 g/mol. The van der Waals surface area contributed by atoms with Gasteiger partial charge in [-0.25, -0.2) is 0 Å². The van der Waals surface area contributed by atoms with Crippen molar-refractivity contribution < 1.29 is 4.79 Å². The van der Waals surface area contributed by atoms with E-state index in [9.17, 15) is 4.79 Å². The minimum Gasteiger partial charge on any atom is -0.325 e. The molecule has 5 nitrogen and oxygen atoms in total. The summed E-state index contributed by atoms with van der Waals surface area (Å²) in [7, 11) is 0. The molecule has 7 heteroatoms. The minimum absolute atomic E-state index is 0.0599. The third kappa shape index (κ3) is 3.44. The van der Waals surface area contributed by atoms with Gasteiger partial charge in [0, 0.05) is 16.8 Å². The van der Waals surface area contributed by atoms with Crippen LogP contribution in [0.2, 0.25) is 5.02 Å². The Hall–Kier alpha value is -1.53. The second kappa shape index (κ2) is 6.30. The Morgan fingerprint density at radius 1 is 1.36 bits per heavy atom. The van der Waals surface area contributed by atoms with Crippen LogP contribution in [0.3, 0.4) is 0 Å². The van der Waals surface area contributed by atoms with E-state index in [2.05, 4.69) is 20.1 Å². The smallest absolute Gasteiger partial charge is 0.237 e. The van der Waals surface area contributed by atoms with Crippen molar-refractivity contribution in [3.8, 4) is 0 Å². The van der Waals surface area contributed by atoms with Gasteiger partial charge >= 0.3 is 0 Å². The molecule has 1 atom stereocenters. The number of hydrogen-bond donors (Lipinski definition) is 1. The Kier molecular flexibility index (Phi) is 4.40. The van der Waals surface area contributed by atoms with Gasteiger partial charge in [-0.3, -0.25) is 4.79 Å². The molecule has 2 aromatic rings. The van der Waals surface area contributed by atoms with E-state index in [1.807, 2.05) is 13.8 Å². The largest absolute Gasteiger partial charge is 0.325 e. The predicted molar refractivity (Wildman–Crippen MR) is 88.4 cm³/mol. The molecule has 0 spiro atoms. The molecule has 1 heterocycles. The van der Waals surface area contributed by atoms with Crippen LogP contribution in [0.25, 0.3) is 0 Å². The molecule has 0 saturated heterocycles. The highest BCUT2D eigenvalue weighted by Gasteiger charge is 2.29. The molecule has 0 radical (unpaired) electrons. The summed E-state index contributed by atoms with van der Waals surface area (Å²) < 4.78 is 2.14. The Bertz CT molecular complexity index is 681. The third-order valence-corrected chi connectivity index (χ3v) is 4.82. The molecule has 3 rings (SSSR count). The molecule has 1 fully saturated rings. The lowest BCUT2D eigenvalue weighted by molar-refractivity contribution is -0.115. The first-order valence-electron chi connectivity index (χ1n) is 7.19. The maximum Gasteiger partial charge on any atom is 0.237 e. The number of aromatic nitrogens is 3. The highest BCUT2D eigenvalue weighted by molar-refractivity contribution is 8.00. The van der Waals surface area contributed by atoms with Gasteiger partial charge in [0.1, 0.15) is 5.82 Å². The van der Waals surface area contributed by atoms with Crippen molar-refractivity contribution >= 4 is 35.0 Å². The molecule has 1 saturated carbocycles. The van der Waals surface area contributed by atoms with E-state index >= 15 is 0 Å². The molecule has 116 valence electrons. The van der Waals surface area contributed by atoms with Gasteiger partial charge in [0.15, 0.2) is 5.16 Å². The van der Waals surface area contributed by atoms with Crippen LogP contribution in [-0.4, -0.2) is 25.9 Å². The van der Waals surface area contributed by atoms with Gasteiger partial charge in [-0.1, -0.05) is 23.4 Å². The zero-order chi connectivity index (χ0) is 15.7. The SMILES string of the molecule is Cc1nnc(S[C@H](C)C(=O)Nc2ccc(Cl)cc2)n1C1CC1. The number of benzene rings is 1. The molecule has 0 unspecified atom stereocenters. The molecular formula is C15H17ClN4OS. The van der Waals surface area contributed by atoms with Crippen LogP contribution in [0.15, 0.2) is 29.4 Å². The standard InChI is InChI=1S/C15H17ClN4OS/c1-9(14(21)17-12-5-3-11(16)4-6-12)22-15-19-18-10(2)20(15)13-7-8-13/h3-6,9,13H,7-8H2,1-2H3,(H,17,21)/t9-/m1/s1. The van der Waals surface area contributed by atoms with Gasteiger partial charge in [-0.2, -0.15) is 0 Å². The van der Waals surface area contributed by atoms with Crippen LogP contribution < -0.4 is 5.32 Å². The lowest BCUT2D eigenvalue weighted by Crippen LogP contribution is -2.22. The third-order valence-electron chi connectivity index (χ3n) is 3.51. The number of nitrogens with zero attached hydrogens (tertiary/aromatic N) is 3. The molecule has 1 N–H and O–H groups in total. The normalized spacial score (nSPS) is 15.6. The van der Waals surface area contributed by atoms with Gasteiger partial charge < -0.3 is 9.88 Å². The van der Waals surface area contributed by atoms with Crippen molar-refractivity contribution in [2.45, 2.75) is 43.1 Å². The Labute approximate surface area is 138 Å². The first kappa shape index (κ1) is 15.4. The van der Waals surface area contributed by atoms with Gasteiger partial charge in [-0.15, -0.1) is 10.2 Å². The van der Waals surface area contributed by atoms with Crippen LogP contribution in [0, 0.1) is 6.92 Å². The molecule has 0 bridgehead atoms. The summed E-state index contributed by atoms with van der Waals surface area (Å²) in [5, 5.41) is 12.4. The fraction of sp³-hybridized carbons (Fsp3) is 0.400. The summed E-state index contributed by atoms with van der Waals surface area (Å²) in [6, 6.07) is 7.58. The number of anilines is 1. The Balaban J connectivity index is 1.65. The molecule has 1 aliphatic rings. The Morgan fingerprint density at radius 3 is 2.68 bits per heavy atom. The van der Waals surface area contributed by atoms with Crippen LogP contribution in [0.4, 0.5) is 5.69 Å². The summed E-state index contributed by atoms with van der Waals surface area (Å²) in [6.07, 6.45) is 2.33. The average Bonchev–Trinajstić information content (AvgIpc) is 3.26. The number of rotatable bonds is 5. The second-order valence-corrected chi connectivity index (χ2v) is 7.13. The van der Waals surface area contributed by atoms with Crippen LogP contribution in [0.1, 0.15) is 31.6 Å². The zero-order valence-electron chi connectivity index (χ0n) is 12.4. The van der Waals surface area contributed by atoms with Crippen molar-refractivity contribution in [2.24, 2.45) is 0 Å². The zero-order valence-corrected chi connectivity index (χ0v) is 14.0. The summed E-state index contributed by atoms with van der Waals surface area (Å²) in [5.41, 5.74) is 0.738. The number of thioether (sulfide) groups is 1. The number of aryl methyl sites for hydroxylation is 1. The fourth-order valence-electron chi connectivity index (χ4n) is 2.17. The lowest BCUT2D eigenvalue weighted by atomic mass is 10.3. The fourth-order valence-corrected chi connectivity index (χ4v) is 3.26. The van der Waals surface area contributed by atoms with Gasteiger partial charge in [0.2, 0.25) is 5.91 Å². The first-order valence-corrected chi connectivity index (χ1v) is 8.45. The molecule has 1 aromatic carbocycles. The van der Waals surface area contributed by atoms with E-state index in [-0.39, 0.29) is 11.2 Å². The Morgan fingerprint density at radius 2 is 2.05 bits per heavy atom. The van der Waals surface area contributed by atoms with Crippen LogP contribution in [-0.2, 0) is 4.79 Å². The number of amides is 1. The molecule has 0 aliphatic heterocycles. The number of carbonyl (C=O) groups is 1. The highest BCUT2D eigenvalue weighted by atomic mass is 35.5. The van der Waals surface area contributed by atoms with Crippen molar-refractivity contribution in [1.82, 2.24) is 14.8 Å². The molecule has 22 heavy (non-hydrogen) atoms. The van der Waals surface area contributed by atoms with Crippen molar-refractivity contribution in [2.75, 3.05) is 5.32 Å². The number of halogens is 1. The van der Waals surface area contributed by atoms with E-state index < -0.39 is 0 Å². The average molecular weight is 337 g/mol. The van der Waals surface area contributed by atoms with Crippen molar-refractivity contribution in [3.05, 3.63) is 35.1 Å². The van der Waals surface area contributed by atoms with Crippen LogP contribution >= 0.6 is 23.4 Å².